The summed E-state index contributed by atoms with van der Waals surface area (Å²) in [6, 6.07) is 20.6. The second kappa shape index (κ2) is 9.77. The molecule has 1 N–H and O–H groups in total. The maximum atomic E-state index is 13.6. The van der Waals surface area contributed by atoms with E-state index >= 15 is 0 Å². The number of carbonyl (C=O) groups excluding carboxylic acids is 1. The van der Waals surface area contributed by atoms with Gasteiger partial charge in [0.2, 0.25) is 0 Å². The van der Waals surface area contributed by atoms with Crippen LogP contribution in [0.4, 0.5) is 11.4 Å². The number of ether oxygens (including phenoxy) is 1. The number of halogens is 1. The van der Waals surface area contributed by atoms with Gasteiger partial charge in [0, 0.05) is 10.2 Å². The van der Waals surface area contributed by atoms with Gasteiger partial charge in [-0.05, 0) is 79.2 Å². The number of para-hydroxylation sites is 1. The number of nitrogens with zero attached hydrogens (tertiary/aromatic N) is 2. The van der Waals surface area contributed by atoms with Gasteiger partial charge >= 0.3 is 0 Å². The first-order valence-electron chi connectivity index (χ1n) is 10.6. The monoisotopic (exact) mass is 522 g/mol. The van der Waals surface area contributed by atoms with Crippen molar-refractivity contribution in [1.82, 2.24) is 0 Å². The standard InChI is InChI=1S/C26H23BrN2O3S/c1-3-17-10-12-20(13-11-17)28-22(14-18-15-24(32-4-2)23(30)16-21(18)27)25(31)29(26(28)33)19-8-6-5-7-9-19/h5-16,30H,3-4H2,1-2H3. The molecule has 0 aliphatic carbocycles. The number of anilines is 2. The maximum Gasteiger partial charge on any atom is 0.281 e. The lowest BCUT2D eigenvalue weighted by molar-refractivity contribution is -0.113. The average molecular weight is 523 g/mol. The Balaban J connectivity index is 1.86. The summed E-state index contributed by atoms with van der Waals surface area (Å²) in [5.74, 6) is 0.139. The lowest BCUT2D eigenvalue weighted by Gasteiger charge is -2.21. The molecule has 0 bridgehead atoms. The highest BCUT2D eigenvalue weighted by Crippen LogP contribution is 2.37. The van der Waals surface area contributed by atoms with E-state index in [0.29, 0.717) is 38.9 Å². The van der Waals surface area contributed by atoms with Crippen molar-refractivity contribution in [1.29, 1.82) is 0 Å². The van der Waals surface area contributed by atoms with Crippen LogP contribution in [-0.2, 0) is 11.2 Å². The van der Waals surface area contributed by atoms with Crippen LogP contribution in [0.2, 0.25) is 0 Å². The molecule has 1 saturated heterocycles. The zero-order valence-corrected chi connectivity index (χ0v) is 20.7. The summed E-state index contributed by atoms with van der Waals surface area (Å²) in [7, 11) is 0. The third kappa shape index (κ3) is 4.51. The Morgan fingerprint density at radius 3 is 2.30 bits per heavy atom. The molecule has 0 aromatic heterocycles. The summed E-state index contributed by atoms with van der Waals surface area (Å²) >= 11 is 9.29. The molecule has 0 saturated carbocycles. The highest BCUT2D eigenvalue weighted by Gasteiger charge is 2.40. The van der Waals surface area contributed by atoms with Crippen molar-refractivity contribution in [2.45, 2.75) is 20.3 Å². The summed E-state index contributed by atoms with van der Waals surface area (Å²) in [4.78, 5) is 17.0. The number of amides is 1. The number of aromatic hydroxyl groups is 1. The number of carbonyl (C=O) groups is 1. The maximum absolute atomic E-state index is 13.6. The van der Waals surface area contributed by atoms with E-state index in [1.807, 2.05) is 61.5 Å². The lowest BCUT2D eigenvalue weighted by Crippen LogP contribution is -2.32. The number of benzene rings is 3. The molecule has 1 aliphatic heterocycles. The molecule has 1 fully saturated rings. The van der Waals surface area contributed by atoms with Gasteiger partial charge in [0.1, 0.15) is 5.70 Å². The van der Waals surface area contributed by atoms with Crippen LogP contribution in [-0.4, -0.2) is 22.7 Å². The number of phenols is 1. The summed E-state index contributed by atoms with van der Waals surface area (Å²) in [6.07, 6.45) is 2.68. The SMILES string of the molecule is CCOc1cc(C=C2C(=O)N(c3ccccc3)C(=S)N2c2ccc(CC)cc2)c(Br)cc1O. The molecule has 5 nitrogen and oxygen atoms in total. The van der Waals surface area contributed by atoms with Gasteiger partial charge in [0.15, 0.2) is 16.6 Å². The van der Waals surface area contributed by atoms with Crippen LogP contribution in [0.1, 0.15) is 25.0 Å². The zero-order valence-electron chi connectivity index (χ0n) is 18.3. The Labute approximate surface area is 207 Å². The van der Waals surface area contributed by atoms with Crippen LogP contribution in [0.3, 0.4) is 0 Å². The number of aryl methyl sites for hydroxylation is 1. The minimum absolute atomic E-state index is 0.0251. The Morgan fingerprint density at radius 2 is 1.67 bits per heavy atom. The number of hydrogen-bond donors (Lipinski definition) is 1. The minimum Gasteiger partial charge on any atom is -0.504 e. The molecule has 1 amide bonds. The van der Waals surface area contributed by atoms with E-state index in [2.05, 4.69) is 22.9 Å². The average Bonchev–Trinajstić information content (AvgIpc) is 3.07. The van der Waals surface area contributed by atoms with Crippen molar-refractivity contribution in [3.05, 3.63) is 88.0 Å². The van der Waals surface area contributed by atoms with Gasteiger partial charge in [-0.1, -0.05) is 53.2 Å². The molecule has 4 rings (SSSR count). The molecule has 0 unspecified atom stereocenters. The molecular weight excluding hydrogens is 500 g/mol. The summed E-state index contributed by atoms with van der Waals surface area (Å²) in [6.45, 7) is 4.35. The lowest BCUT2D eigenvalue weighted by atomic mass is 10.1. The van der Waals surface area contributed by atoms with Gasteiger partial charge in [-0.2, -0.15) is 0 Å². The molecule has 0 spiro atoms. The molecule has 1 heterocycles. The van der Waals surface area contributed by atoms with E-state index < -0.39 is 0 Å². The van der Waals surface area contributed by atoms with Gasteiger partial charge < -0.3 is 9.84 Å². The summed E-state index contributed by atoms with van der Waals surface area (Å²) < 4.78 is 6.17. The fourth-order valence-electron chi connectivity index (χ4n) is 3.65. The Kier molecular flexibility index (Phi) is 6.81. The number of rotatable bonds is 6. The Morgan fingerprint density at radius 1 is 1.00 bits per heavy atom. The molecule has 7 heteroatoms. The predicted molar refractivity (Wildman–Crippen MR) is 140 cm³/mol. The number of phenolic OH excluding ortho intramolecular Hbond substituents is 1. The van der Waals surface area contributed by atoms with E-state index in [-0.39, 0.29) is 11.7 Å². The van der Waals surface area contributed by atoms with E-state index in [1.54, 1.807) is 23.1 Å². The van der Waals surface area contributed by atoms with E-state index in [9.17, 15) is 9.90 Å². The van der Waals surface area contributed by atoms with Gasteiger partial charge in [-0.15, -0.1) is 0 Å². The fourth-order valence-corrected chi connectivity index (χ4v) is 4.49. The zero-order chi connectivity index (χ0) is 23.5. The van der Waals surface area contributed by atoms with E-state index in [0.717, 1.165) is 12.1 Å². The first kappa shape index (κ1) is 23.0. The highest BCUT2D eigenvalue weighted by atomic mass is 79.9. The van der Waals surface area contributed by atoms with Crippen LogP contribution in [0.15, 0.2) is 76.9 Å². The third-order valence-corrected chi connectivity index (χ3v) is 6.39. The summed E-state index contributed by atoms with van der Waals surface area (Å²) in [5, 5.41) is 10.6. The number of thiocarbonyl (C=S) groups is 1. The Bertz CT molecular complexity index is 1230. The molecular formula is C26H23BrN2O3S. The molecule has 3 aromatic carbocycles. The van der Waals surface area contributed by atoms with Crippen molar-refractivity contribution in [3.63, 3.8) is 0 Å². The predicted octanol–water partition coefficient (Wildman–Crippen LogP) is 6.30. The smallest absolute Gasteiger partial charge is 0.281 e. The van der Waals surface area contributed by atoms with Crippen LogP contribution in [0, 0.1) is 0 Å². The highest BCUT2D eigenvalue weighted by molar-refractivity contribution is 9.10. The first-order valence-corrected chi connectivity index (χ1v) is 11.8. The van der Waals surface area contributed by atoms with E-state index in [4.69, 9.17) is 17.0 Å². The van der Waals surface area contributed by atoms with Crippen LogP contribution in [0.5, 0.6) is 11.5 Å². The molecule has 33 heavy (non-hydrogen) atoms. The van der Waals surface area contributed by atoms with E-state index in [1.165, 1.54) is 10.5 Å². The normalized spacial score (nSPS) is 14.9. The second-order valence-electron chi connectivity index (χ2n) is 7.42. The third-order valence-electron chi connectivity index (χ3n) is 5.33. The van der Waals surface area contributed by atoms with Crippen LogP contribution in [0.25, 0.3) is 6.08 Å². The van der Waals surface area contributed by atoms with Crippen LogP contribution < -0.4 is 14.5 Å². The second-order valence-corrected chi connectivity index (χ2v) is 8.64. The first-order chi connectivity index (χ1) is 15.9. The molecule has 0 atom stereocenters. The van der Waals surface area contributed by atoms with Crippen molar-refractivity contribution in [2.24, 2.45) is 0 Å². The van der Waals surface area contributed by atoms with Gasteiger partial charge in [-0.3, -0.25) is 14.6 Å². The fraction of sp³-hybridized carbons (Fsp3) is 0.154. The molecule has 168 valence electrons. The quantitative estimate of drug-likeness (QED) is 0.304. The van der Waals surface area contributed by atoms with Gasteiger partial charge in [0.25, 0.3) is 5.91 Å². The largest absolute Gasteiger partial charge is 0.504 e. The Hall–Kier alpha value is -3.16. The van der Waals surface area contributed by atoms with Crippen molar-refractivity contribution in [3.8, 4) is 11.5 Å². The molecule has 0 radical (unpaired) electrons. The van der Waals surface area contributed by atoms with Crippen molar-refractivity contribution < 1.29 is 14.6 Å². The summed E-state index contributed by atoms with van der Waals surface area (Å²) in [5.41, 5.74) is 3.79. The topological polar surface area (TPSA) is 53.0 Å². The van der Waals surface area contributed by atoms with Gasteiger partial charge in [-0.25, -0.2) is 0 Å². The van der Waals surface area contributed by atoms with Crippen molar-refractivity contribution >= 4 is 56.6 Å². The van der Waals surface area contributed by atoms with Crippen molar-refractivity contribution in [2.75, 3.05) is 16.4 Å². The number of hydrogen-bond acceptors (Lipinski definition) is 4. The minimum atomic E-state index is -0.233. The van der Waals surface area contributed by atoms with Crippen LogP contribution >= 0.6 is 28.1 Å². The molecule has 1 aliphatic rings. The van der Waals surface area contributed by atoms with Gasteiger partial charge in [0.05, 0.1) is 12.3 Å². The molecule has 3 aromatic rings.